The Balaban J connectivity index is 2.17. The molecule has 0 radical (unpaired) electrons. The van der Waals surface area contributed by atoms with Crippen molar-refractivity contribution in [2.45, 2.75) is 6.54 Å². The smallest absolute Gasteiger partial charge is 0.255 e. The summed E-state index contributed by atoms with van der Waals surface area (Å²) in [6.07, 6.45) is 3.50. The highest BCUT2D eigenvalue weighted by Crippen LogP contribution is 2.19. The van der Waals surface area contributed by atoms with Crippen molar-refractivity contribution in [2.24, 2.45) is 7.05 Å². The quantitative estimate of drug-likeness (QED) is 0.870. The number of carbonyl (C=O) groups excluding carboxylic acids is 1. The predicted octanol–water partition coefficient (Wildman–Crippen LogP) is 2.59. The molecule has 1 heterocycles. The zero-order valence-electron chi connectivity index (χ0n) is 10.6. The van der Waals surface area contributed by atoms with Crippen LogP contribution in [0.2, 0.25) is 0 Å². The largest absolute Gasteiger partial charge is 0.337 e. The Bertz CT molecular complexity index is 612. The van der Waals surface area contributed by atoms with E-state index in [9.17, 15) is 9.18 Å². The second-order valence-electron chi connectivity index (χ2n) is 4.24. The molecule has 0 fully saturated rings. The molecule has 0 atom stereocenters. The fourth-order valence-corrected chi connectivity index (χ4v) is 2.22. The molecule has 1 amide bonds. The first-order valence-corrected chi connectivity index (χ1v) is 6.45. The maximum atomic E-state index is 13.0. The van der Waals surface area contributed by atoms with E-state index in [1.807, 2.05) is 17.8 Å². The Morgan fingerprint density at radius 1 is 1.53 bits per heavy atom. The molecule has 0 aliphatic rings. The zero-order chi connectivity index (χ0) is 14.0. The highest BCUT2D eigenvalue weighted by molar-refractivity contribution is 9.10. The molecule has 0 saturated carbocycles. The van der Waals surface area contributed by atoms with Crippen molar-refractivity contribution < 1.29 is 9.18 Å². The molecule has 0 spiro atoms. The second kappa shape index (κ2) is 5.52. The van der Waals surface area contributed by atoms with Crippen molar-refractivity contribution in [3.05, 3.63) is 52.3 Å². The number of carbonyl (C=O) groups is 1. The van der Waals surface area contributed by atoms with Crippen molar-refractivity contribution in [3.8, 4) is 0 Å². The molecule has 0 aliphatic carbocycles. The van der Waals surface area contributed by atoms with Crippen LogP contribution in [0.5, 0.6) is 0 Å². The van der Waals surface area contributed by atoms with Gasteiger partial charge in [0.15, 0.2) is 0 Å². The number of rotatable bonds is 3. The van der Waals surface area contributed by atoms with Crippen molar-refractivity contribution in [1.29, 1.82) is 0 Å². The van der Waals surface area contributed by atoms with Crippen molar-refractivity contribution in [2.75, 3.05) is 7.05 Å². The average Bonchev–Trinajstić information content (AvgIpc) is 2.74. The van der Waals surface area contributed by atoms with Crippen LogP contribution in [0.25, 0.3) is 0 Å². The topological polar surface area (TPSA) is 38.1 Å². The number of nitrogens with zero attached hydrogens (tertiary/aromatic N) is 3. The highest BCUT2D eigenvalue weighted by Gasteiger charge is 2.16. The third-order valence-corrected chi connectivity index (χ3v) is 3.46. The molecule has 6 heteroatoms. The third kappa shape index (κ3) is 3.01. The van der Waals surface area contributed by atoms with E-state index in [0.717, 1.165) is 5.82 Å². The van der Waals surface area contributed by atoms with Gasteiger partial charge in [-0.2, -0.15) is 0 Å². The van der Waals surface area contributed by atoms with Gasteiger partial charge in [-0.15, -0.1) is 0 Å². The van der Waals surface area contributed by atoms with Gasteiger partial charge in [-0.3, -0.25) is 4.79 Å². The summed E-state index contributed by atoms with van der Waals surface area (Å²) in [5.74, 6) is 0.221. The first-order valence-electron chi connectivity index (χ1n) is 5.65. The summed E-state index contributed by atoms with van der Waals surface area (Å²) in [4.78, 5) is 18.0. The molecule has 0 aliphatic heterocycles. The van der Waals surface area contributed by atoms with Crippen molar-refractivity contribution >= 4 is 21.8 Å². The molecule has 1 aromatic heterocycles. The predicted molar refractivity (Wildman–Crippen MR) is 73.1 cm³/mol. The van der Waals surface area contributed by atoms with Crippen LogP contribution in [0.3, 0.4) is 0 Å². The van der Waals surface area contributed by atoms with Gasteiger partial charge in [0, 0.05) is 31.0 Å². The van der Waals surface area contributed by atoms with Gasteiger partial charge in [-0.05, 0) is 34.1 Å². The summed E-state index contributed by atoms with van der Waals surface area (Å²) in [5, 5.41) is 0. The van der Waals surface area contributed by atoms with Gasteiger partial charge < -0.3 is 9.47 Å². The van der Waals surface area contributed by atoms with E-state index in [1.54, 1.807) is 18.1 Å². The monoisotopic (exact) mass is 325 g/mol. The van der Waals surface area contributed by atoms with Gasteiger partial charge in [-0.25, -0.2) is 9.37 Å². The number of halogens is 2. The van der Waals surface area contributed by atoms with Crippen LogP contribution in [0.1, 0.15) is 16.2 Å². The Kier molecular flexibility index (Phi) is 3.99. The molecule has 2 rings (SSSR count). The lowest BCUT2D eigenvalue weighted by Crippen LogP contribution is -2.27. The van der Waals surface area contributed by atoms with Gasteiger partial charge in [0.2, 0.25) is 0 Å². The maximum Gasteiger partial charge on any atom is 0.255 e. The Morgan fingerprint density at radius 3 is 2.84 bits per heavy atom. The molecular weight excluding hydrogens is 313 g/mol. The van der Waals surface area contributed by atoms with E-state index in [1.165, 1.54) is 18.2 Å². The van der Waals surface area contributed by atoms with Gasteiger partial charge in [0.1, 0.15) is 11.6 Å². The number of benzene rings is 1. The molecule has 0 N–H and O–H groups in total. The van der Waals surface area contributed by atoms with Crippen molar-refractivity contribution in [1.82, 2.24) is 14.5 Å². The minimum absolute atomic E-state index is 0.185. The summed E-state index contributed by atoms with van der Waals surface area (Å²) in [6.45, 7) is 0.395. The zero-order valence-corrected chi connectivity index (χ0v) is 12.2. The molecule has 4 nitrogen and oxygen atoms in total. The first kappa shape index (κ1) is 13.7. The van der Waals surface area contributed by atoms with E-state index in [0.29, 0.717) is 16.6 Å². The molecule has 19 heavy (non-hydrogen) atoms. The molecule has 0 saturated heterocycles. The van der Waals surface area contributed by atoms with Crippen LogP contribution in [-0.4, -0.2) is 27.4 Å². The average molecular weight is 326 g/mol. The Morgan fingerprint density at radius 2 is 2.26 bits per heavy atom. The fraction of sp³-hybridized carbons (Fsp3) is 0.231. The normalized spacial score (nSPS) is 10.5. The van der Waals surface area contributed by atoms with Crippen LogP contribution < -0.4 is 0 Å². The summed E-state index contributed by atoms with van der Waals surface area (Å²) in [7, 11) is 3.56. The third-order valence-electron chi connectivity index (χ3n) is 2.81. The second-order valence-corrected chi connectivity index (χ2v) is 5.09. The van der Waals surface area contributed by atoms with Gasteiger partial charge >= 0.3 is 0 Å². The number of aromatic nitrogens is 2. The van der Waals surface area contributed by atoms with E-state index in [2.05, 4.69) is 20.9 Å². The highest BCUT2D eigenvalue weighted by atomic mass is 79.9. The summed E-state index contributed by atoms with van der Waals surface area (Å²) in [6, 6.07) is 4.02. The van der Waals surface area contributed by atoms with E-state index < -0.39 is 0 Å². The fourth-order valence-electron chi connectivity index (χ4n) is 1.70. The van der Waals surface area contributed by atoms with Crippen molar-refractivity contribution in [3.63, 3.8) is 0 Å². The standard InChI is InChI=1S/C13H13BrFN3O/c1-17-6-5-16-12(17)8-18(2)13(19)10-4-3-9(15)7-11(10)14/h3-7H,8H2,1-2H3. The Hall–Kier alpha value is -1.69. The molecule has 1 aromatic carbocycles. The molecule has 0 bridgehead atoms. The first-order chi connectivity index (χ1) is 8.99. The molecule has 100 valence electrons. The summed E-state index contributed by atoms with van der Waals surface area (Å²) >= 11 is 3.20. The van der Waals surface area contributed by atoms with E-state index in [-0.39, 0.29) is 11.7 Å². The summed E-state index contributed by atoms with van der Waals surface area (Å²) < 4.78 is 15.3. The van der Waals surface area contributed by atoms with E-state index in [4.69, 9.17) is 0 Å². The summed E-state index contributed by atoms with van der Waals surface area (Å²) in [5.41, 5.74) is 0.429. The lowest BCUT2D eigenvalue weighted by molar-refractivity contribution is 0.0779. The number of hydrogen-bond acceptors (Lipinski definition) is 2. The molecule has 2 aromatic rings. The lowest BCUT2D eigenvalue weighted by Gasteiger charge is -2.17. The minimum Gasteiger partial charge on any atom is -0.337 e. The molecular formula is C13H13BrFN3O. The lowest BCUT2D eigenvalue weighted by atomic mass is 10.2. The number of aryl methyl sites for hydroxylation is 1. The number of imidazole rings is 1. The van der Waals surface area contributed by atoms with Crippen LogP contribution in [0, 0.1) is 5.82 Å². The Labute approximate surface area is 119 Å². The number of amides is 1. The molecule has 0 unspecified atom stereocenters. The van der Waals surface area contributed by atoms with Crippen LogP contribution in [0.4, 0.5) is 4.39 Å². The van der Waals surface area contributed by atoms with Gasteiger partial charge in [0.25, 0.3) is 5.91 Å². The van der Waals surface area contributed by atoms with Gasteiger partial charge in [0.05, 0.1) is 12.1 Å². The van der Waals surface area contributed by atoms with E-state index >= 15 is 0 Å². The van der Waals surface area contributed by atoms with Crippen LogP contribution in [-0.2, 0) is 13.6 Å². The maximum absolute atomic E-state index is 13.0. The van der Waals surface area contributed by atoms with Crippen LogP contribution in [0.15, 0.2) is 35.1 Å². The minimum atomic E-state index is -0.379. The number of hydrogen-bond donors (Lipinski definition) is 0. The SMILES string of the molecule is CN(Cc1nccn1C)C(=O)c1ccc(F)cc1Br. The van der Waals surface area contributed by atoms with Crippen LogP contribution >= 0.6 is 15.9 Å². The van der Waals surface area contributed by atoms with Gasteiger partial charge in [-0.1, -0.05) is 0 Å².